The molecule has 0 fully saturated rings. The van der Waals surface area contributed by atoms with Crippen molar-refractivity contribution in [1.82, 2.24) is 0 Å². The fourth-order valence-electron chi connectivity index (χ4n) is 2.06. The van der Waals surface area contributed by atoms with Crippen LogP contribution in [0.15, 0.2) is 18.2 Å². The first-order chi connectivity index (χ1) is 7.95. The maximum atomic E-state index is 10.3. The molecule has 0 aromatic heterocycles. The van der Waals surface area contributed by atoms with Crippen LogP contribution in [0.2, 0.25) is 5.02 Å². The number of aliphatic hydroxyl groups excluding tert-OH is 1. The molecule has 0 amide bonds. The number of methoxy groups -OCH3 is 1. The zero-order valence-electron chi connectivity index (χ0n) is 10.9. The molecule has 0 radical (unpaired) electrons. The number of hydrogen-bond donors (Lipinski definition) is 1. The Hall–Kier alpha value is -0.730. The van der Waals surface area contributed by atoms with E-state index < -0.39 is 6.10 Å². The lowest BCUT2D eigenvalue weighted by Crippen LogP contribution is -2.11. The molecule has 0 saturated carbocycles. The number of hydrogen-bond acceptors (Lipinski definition) is 2. The minimum atomic E-state index is -0.469. The predicted molar refractivity (Wildman–Crippen MR) is 71.6 cm³/mol. The molecule has 1 aromatic rings. The topological polar surface area (TPSA) is 29.5 Å². The summed E-state index contributed by atoms with van der Waals surface area (Å²) in [7, 11) is 1.58. The lowest BCUT2D eigenvalue weighted by atomic mass is 9.90. The average molecular weight is 257 g/mol. The van der Waals surface area contributed by atoms with Crippen LogP contribution in [0, 0.1) is 11.8 Å². The Bertz CT molecular complexity index is 363. The zero-order valence-corrected chi connectivity index (χ0v) is 11.7. The van der Waals surface area contributed by atoms with Crippen LogP contribution < -0.4 is 4.74 Å². The third-order valence-electron chi connectivity index (χ3n) is 2.90. The van der Waals surface area contributed by atoms with E-state index in [-0.39, 0.29) is 5.92 Å². The predicted octanol–water partition coefficient (Wildman–Crippen LogP) is 4.06. The second kappa shape index (κ2) is 6.27. The number of ether oxygens (including phenoxy) is 1. The van der Waals surface area contributed by atoms with Gasteiger partial charge in [0.25, 0.3) is 0 Å². The summed E-state index contributed by atoms with van der Waals surface area (Å²) >= 11 is 5.96. The summed E-state index contributed by atoms with van der Waals surface area (Å²) in [4.78, 5) is 0. The van der Waals surface area contributed by atoms with E-state index in [2.05, 4.69) is 20.8 Å². The Morgan fingerprint density at radius 1 is 1.29 bits per heavy atom. The Morgan fingerprint density at radius 2 is 1.94 bits per heavy atom. The standard InChI is InChI=1S/C14H21ClO2/c1-9(2)7-10(3)14(16)11-5-6-12(15)13(8-11)17-4/h5-6,8-10,14,16H,7H2,1-4H3. The summed E-state index contributed by atoms with van der Waals surface area (Å²) < 4.78 is 5.15. The molecule has 96 valence electrons. The molecule has 0 saturated heterocycles. The molecule has 1 N–H and O–H groups in total. The minimum absolute atomic E-state index is 0.223. The van der Waals surface area contributed by atoms with Crippen molar-refractivity contribution >= 4 is 11.6 Å². The van der Waals surface area contributed by atoms with Crippen molar-refractivity contribution in [3.63, 3.8) is 0 Å². The van der Waals surface area contributed by atoms with Gasteiger partial charge in [-0.15, -0.1) is 0 Å². The Balaban J connectivity index is 2.84. The van der Waals surface area contributed by atoms with Gasteiger partial charge in [-0.05, 0) is 36.0 Å². The SMILES string of the molecule is COc1cc(C(O)C(C)CC(C)C)ccc1Cl. The van der Waals surface area contributed by atoms with Gasteiger partial charge < -0.3 is 9.84 Å². The lowest BCUT2D eigenvalue weighted by molar-refractivity contribution is 0.105. The second-order valence-electron chi connectivity index (χ2n) is 4.95. The highest BCUT2D eigenvalue weighted by molar-refractivity contribution is 6.32. The summed E-state index contributed by atoms with van der Waals surface area (Å²) in [6.45, 7) is 6.38. The molecule has 3 heteroatoms. The van der Waals surface area contributed by atoms with Gasteiger partial charge in [0.1, 0.15) is 5.75 Å². The van der Waals surface area contributed by atoms with Crippen LogP contribution in [0.1, 0.15) is 38.9 Å². The van der Waals surface area contributed by atoms with E-state index in [0.29, 0.717) is 16.7 Å². The molecule has 0 aliphatic carbocycles. The minimum Gasteiger partial charge on any atom is -0.495 e. The van der Waals surface area contributed by atoms with Gasteiger partial charge in [-0.1, -0.05) is 38.4 Å². The zero-order chi connectivity index (χ0) is 13.0. The van der Waals surface area contributed by atoms with Crippen molar-refractivity contribution in [3.05, 3.63) is 28.8 Å². The molecule has 0 aliphatic heterocycles. The fourth-order valence-corrected chi connectivity index (χ4v) is 2.26. The first-order valence-corrected chi connectivity index (χ1v) is 6.35. The van der Waals surface area contributed by atoms with E-state index in [4.69, 9.17) is 16.3 Å². The van der Waals surface area contributed by atoms with Gasteiger partial charge in [0.15, 0.2) is 0 Å². The van der Waals surface area contributed by atoms with Crippen LogP contribution >= 0.6 is 11.6 Å². The average Bonchev–Trinajstić information content (AvgIpc) is 2.27. The van der Waals surface area contributed by atoms with E-state index >= 15 is 0 Å². The van der Waals surface area contributed by atoms with Crippen molar-refractivity contribution in [2.75, 3.05) is 7.11 Å². The van der Waals surface area contributed by atoms with Crippen molar-refractivity contribution in [2.45, 2.75) is 33.3 Å². The van der Waals surface area contributed by atoms with Crippen LogP contribution in [-0.2, 0) is 0 Å². The van der Waals surface area contributed by atoms with Crippen molar-refractivity contribution < 1.29 is 9.84 Å². The Morgan fingerprint density at radius 3 is 2.47 bits per heavy atom. The van der Waals surface area contributed by atoms with Crippen LogP contribution in [0.4, 0.5) is 0 Å². The Labute approximate surface area is 109 Å². The highest BCUT2D eigenvalue weighted by atomic mass is 35.5. The molecule has 0 aliphatic rings. The van der Waals surface area contributed by atoms with Gasteiger partial charge >= 0.3 is 0 Å². The highest BCUT2D eigenvalue weighted by Crippen LogP contribution is 2.32. The lowest BCUT2D eigenvalue weighted by Gasteiger charge is -2.21. The molecule has 0 bridgehead atoms. The van der Waals surface area contributed by atoms with Gasteiger partial charge in [0.2, 0.25) is 0 Å². The third kappa shape index (κ3) is 3.90. The molecule has 1 rings (SSSR count). The normalized spacial score (nSPS) is 14.8. The summed E-state index contributed by atoms with van der Waals surface area (Å²) in [5.74, 6) is 1.41. The van der Waals surface area contributed by atoms with Gasteiger partial charge in [0.05, 0.1) is 18.2 Å². The van der Waals surface area contributed by atoms with E-state index in [1.807, 2.05) is 12.1 Å². The molecule has 0 spiro atoms. The largest absolute Gasteiger partial charge is 0.495 e. The van der Waals surface area contributed by atoms with Gasteiger partial charge in [-0.25, -0.2) is 0 Å². The molecule has 2 nitrogen and oxygen atoms in total. The highest BCUT2D eigenvalue weighted by Gasteiger charge is 2.18. The molecule has 0 heterocycles. The smallest absolute Gasteiger partial charge is 0.137 e. The van der Waals surface area contributed by atoms with Crippen LogP contribution in [0.5, 0.6) is 5.75 Å². The van der Waals surface area contributed by atoms with Gasteiger partial charge in [0, 0.05) is 0 Å². The number of rotatable bonds is 5. The summed E-state index contributed by atoms with van der Waals surface area (Å²) in [5.41, 5.74) is 0.861. The molecular formula is C14H21ClO2. The van der Waals surface area contributed by atoms with Gasteiger partial charge in [-0.3, -0.25) is 0 Å². The third-order valence-corrected chi connectivity index (χ3v) is 3.21. The molecule has 2 unspecified atom stereocenters. The van der Waals surface area contributed by atoms with Crippen LogP contribution in [0.3, 0.4) is 0 Å². The first kappa shape index (κ1) is 14.3. The van der Waals surface area contributed by atoms with Crippen LogP contribution in [0.25, 0.3) is 0 Å². The first-order valence-electron chi connectivity index (χ1n) is 5.97. The summed E-state index contributed by atoms with van der Waals surface area (Å²) in [5, 5.41) is 10.8. The molecule has 17 heavy (non-hydrogen) atoms. The van der Waals surface area contributed by atoms with Crippen molar-refractivity contribution in [3.8, 4) is 5.75 Å². The van der Waals surface area contributed by atoms with Crippen molar-refractivity contribution in [1.29, 1.82) is 0 Å². The number of halogens is 1. The second-order valence-corrected chi connectivity index (χ2v) is 5.35. The van der Waals surface area contributed by atoms with Crippen molar-refractivity contribution in [2.24, 2.45) is 11.8 Å². The number of benzene rings is 1. The van der Waals surface area contributed by atoms with Crippen LogP contribution in [-0.4, -0.2) is 12.2 Å². The molecule has 2 atom stereocenters. The fraction of sp³-hybridized carbons (Fsp3) is 0.571. The summed E-state index contributed by atoms with van der Waals surface area (Å²) in [6.07, 6.45) is 0.523. The summed E-state index contributed by atoms with van der Waals surface area (Å²) in [6, 6.07) is 5.43. The maximum Gasteiger partial charge on any atom is 0.137 e. The van der Waals surface area contributed by atoms with E-state index in [1.165, 1.54) is 0 Å². The van der Waals surface area contributed by atoms with E-state index in [0.717, 1.165) is 12.0 Å². The van der Waals surface area contributed by atoms with Gasteiger partial charge in [-0.2, -0.15) is 0 Å². The Kier molecular flexibility index (Phi) is 5.29. The van der Waals surface area contributed by atoms with E-state index in [1.54, 1.807) is 13.2 Å². The monoisotopic (exact) mass is 256 g/mol. The maximum absolute atomic E-state index is 10.3. The molecular weight excluding hydrogens is 236 g/mol. The molecule has 1 aromatic carbocycles. The number of aliphatic hydroxyl groups is 1. The van der Waals surface area contributed by atoms with E-state index in [9.17, 15) is 5.11 Å². The quantitative estimate of drug-likeness (QED) is 0.861.